The summed E-state index contributed by atoms with van der Waals surface area (Å²) in [7, 11) is -3.85. The number of hydrogen-bond donors (Lipinski definition) is 3. The zero-order valence-electron chi connectivity index (χ0n) is 17.8. The molecule has 0 radical (unpaired) electrons. The number of benzene rings is 3. The summed E-state index contributed by atoms with van der Waals surface area (Å²) in [5.41, 5.74) is 5.73. The van der Waals surface area contributed by atoms with Gasteiger partial charge in [-0.15, -0.1) is 0 Å². The number of hydrogen-bond acceptors (Lipinski definition) is 5. The minimum Gasteiger partial charge on any atom is -0.478 e. The van der Waals surface area contributed by atoms with Gasteiger partial charge in [-0.2, -0.15) is 0 Å². The number of hydrazine groups is 1. The maximum absolute atomic E-state index is 13.6. The number of para-hydroxylation sites is 2. The molecule has 3 aromatic carbocycles. The number of amides is 2. The summed E-state index contributed by atoms with van der Waals surface area (Å²) >= 11 is 0. The van der Waals surface area contributed by atoms with E-state index >= 15 is 0 Å². The highest BCUT2D eigenvalue weighted by Gasteiger charge is 2.19. The van der Waals surface area contributed by atoms with Crippen LogP contribution in [-0.2, 0) is 14.8 Å². The highest BCUT2D eigenvalue weighted by Crippen LogP contribution is 2.20. The average molecular weight is 472 g/mol. The van der Waals surface area contributed by atoms with Crippen molar-refractivity contribution in [2.75, 3.05) is 4.72 Å². The second-order valence-electron chi connectivity index (χ2n) is 7.08. The molecule has 0 saturated carbocycles. The topological polar surface area (TPSA) is 114 Å². The van der Waals surface area contributed by atoms with Gasteiger partial charge in [0.1, 0.15) is 0 Å². The zero-order valence-corrected chi connectivity index (χ0v) is 18.6. The third-order valence-corrected chi connectivity index (χ3v) is 6.01. The lowest BCUT2D eigenvalue weighted by Gasteiger charge is -2.15. The van der Waals surface area contributed by atoms with Gasteiger partial charge in [0.2, 0.25) is 0 Å². The first-order chi connectivity index (χ1) is 15.7. The van der Waals surface area contributed by atoms with E-state index < -0.39 is 33.8 Å². The van der Waals surface area contributed by atoms with Crippen LogP contribution in [0.4, 0.5) is 10.1 Å². The second-order valence-corrected chi connectivity index (χ2v) is 8.76. The van der Waals surface area contributed by atoms with Crippen LogP contribution in [-0.4, -0.2) is 26.3 Å². The first-order valence-electron chi connectivity index (χ1n) is 9.87. The van der Waals surface area contributed by atoms with E-state index in [1.807, 2.05) is 0 Å². The number of halogens is 1. The molecule has 1 atom stereocenters. The fraction of sp³-hybridized carbons (Fsp3) is 0.130. The Morgan fingerprint density at radius 2 is 1.55 bits per heavy atom. The van der Waals surface area contributed by atoms with Gasteiger partial charge < -0.3 is 4.74 Å². The molecular weight excluding hydrogens is 449 g/mol. The van der Waals surface area contributed by atoms with E-state index in [9.17, 15) is 22.4 Å². The number of nitrogens with one attached hydrogen (secondary N) is 3. The first kappa shape index (κ1) is 23.7. The number of sulfonamides is 1. The number of carbonyl (C=O) groups is 2. The Hall–Kier alpha value is -3.92. The van der Waals surface area contributed by atoms with Crippen molar-refractivity contribution in [1.29, 1.82) is 0 Å². The van der Waals surface area contributed by atoms with E-state index in [-0.39, 0.29) is 16.2 Å². The van der Waals surface area contributed by atoms with Gasteiger partial charge in [-0.05, 0) is 61.9 Å². The Kier molecular flexibility index (Phi) is 7.29. The quantitative estimate of drug-likeness (QED) is 0.458. The maximum atomic E-state index is 13.6. The predicted octanol–water partition coefficient (Wildman–Crippen LogP) is 3.16. The Morgan fingerprint density at radius 3 is 2.21 bits per heavy atom. The van der Waals surface area contributed by atoms with Crippen LogP contribution in [0.25, 0.3) is 0 Å². The summed E-state index contributed by atoms with van der Waals surface area (Å²) in [4.78, 5) is 24.4. The molecule has 0 saturated heterocycles. The molecular formula is C23H22FN3O5S. The molecule has 0 heterocycles. The van der Waals surface area contributed by atoms with Gasteiger partial charge in [-0.3, -0.25) is 25.2 Å². The van der Waals surface area contributed by atoms with E-state index in [2.05, 4.69) is 15.6 Å². The van der Waals surface area contributed by atoms with Crippen LogP contribution in [0.3, 0.4) is 0 Å². The summed E-state index contributed by atoms with van der Waals surface area (Å²) in [5.74, 6) is -2.08. The predicted molar refractivity (Wildman–Crippen MR) is 121 cm³/mol. The molecule has 3 N–H and O–H groups in total. The molecule has 0 aromatic heterocycles. The van der Waals surface area contributed by atoms with E-state index in [1.54, 1.807) is 37.3 Å². The van der Waals surface area contributed by atoms with Crippen LogP contribution in [0.1, 0.15) is 22.8 Å². The number of aryl methyl sites for hydroxylation is 1. The second kappa shape index (κ2) is 10.1. The monoisotopic (exact) mass is 471 g/mol. The van der Waals surface area contributed by atoms with E-state index in [0.29, 0.717) is 5.69 Å². The van der Waals surface area contributed by atoms with Crippen LogP contribution in [0, 0.1) is 12.7 Å². The molecule has 0 aliphatic heterocycles. The van der Waals surface area contributed by atoms with Gasteiger partial charge in [-0.1, -0.05) is 30.3 Å². The number of ether oxygens (including phenoxy) is 1. The first-order valence-corrected chi connectivity index (χ1v) is 11.4. The zero-order chi connectivity index (χ0) is 24.0. The van der Waals surface area contributed by atoms with Crippen molar-refractivity contribution >= 4 is 27.5 Å². The molecule has 8 nitrogen and oxygen atoms in total. The van der Waals surface area contributed by atoms with E-state index in [1.165, 1.54) is 49.4 Å². The molecule has 3 rings (SSSR count). The van der Waals surface area contributed by atoms with Crippen molar-refractivity contribution in [2.45, 2.75) is 24.8 Å². The molecule has 1 unspecified atom stereocenters. The molecule has 0 aliphatic rings. The lowest BCUT2D eigenvalue weighted by Crippen LogP contribution is -2.47. The minimum atomic E-state index is -3.85. The smallest absolute Gasteiger partial charge is 0.279 e. The summed E-state index contributed by atoms with van der Waals surface area (Å²) in [6, 6.07) is 17.7. The Morgan fingerprint density at radius 1 is 0.909 bits per heavy atom. The molecule has 10 heteroatoms. The number of rotatable bonds is 7. The van der Waals surface area contributed by atoms with Crippen molar-refractivity contribution in [3.05, 3.63) is 89.7 Å². The van der Waals surface area contributed by atoms with Gasteiger partial charge >= 0.3 is 0 Å². The largest absolute Gasteiger partial charge is 0.478 e. The Balaban J connectivity index is 1.58. The molecule has 33 heavy (non-hydrogen) atoms. The molecule has 172 valence electrons. The average Bonchev–Trinajstić information content (AvgIpc) is 2.80. The highest BCUT2D eigenvalue weighted by atomic mass is 32.2. The van der Waals surface area contributed by atoms with E-state index in [4.69, 9.17) is 4.74 Å². The van der Waals surface area contributed by atoms with Gasteiger partial charge in [0.15, 0.2) is 17.7 Å². The van der Waals surface area contributed by atoms with Crippen molar-refractivity contribution < 1.29 is 27.1 Å². The third kappa shape index (κ3) is 6.07. The number of anilines is 1. The number of carbonyl (C=O) groups excluding carboxylic acids is 2. The highest BCUT2D eigenvalue weighted by molar-refractivity contribution is 7.92. The lowest BCUT2D eigenvalue weighted by molar-refractivity contribution is -0.128. The summed E-state index contributed by atoms with van der Waals surface area (Å²) in [6.45, 7) is 3.18. The third-order valence-electron chi connectivity index (χ3n) is 4.63. The van der Waals surface area contributed by atoms with Crippen LogP contribution in [0.2, 0.25) is 0 Å². The molecule has 0 bridgehead atoms. The SMILES string of the molecule is Cc1ccccc1NS(=O)(=O)c1ccc(C(=O)NNC(=O)C(C)Oc2ccccc2F)cc1. The van der Waals surface area contributed by atoms with Gasteiger partial charge in [0, 0.05) is 5.56 Å². The molecule has 2 amide bonds. The summed E-state index contributed by atoms with van der Waals surface area (Å²) in [5, 5.41) is 0. The van der Waals surface area contributed by atoms with Gasteiger partial charge in [0.05, 0.1) is 10.6 Å². The van der Waals surface area contributed by atoms with Crippen LogP contribution < -0.4 is 20.3 Å². The van der Waals surface area contributed by atoms with Gasteiger partial charge in [0.25, 0.3) is 21.8 Å². The van der Waals surface area contributed by atoms with Crippen LogP contribution in [0.5, 0.6) is 5.75 Å². The fourth-order valence-electron chi connectivity index (χ4n) is 2.75. The Bertz CT molecular complexity index is 1260. The van der Waals surface area contributed by atoms with Crippen molar-refractivity contribution in [3.63, 3.8) is 0 Å². The van der Waals surface area contributed by atoms with Crippen molar-refractivity contribution in [1.82, 2.24) is 10.9 Å². The fourth-order valence-corrected chi connectivity index (χ4v) is 3.88. The standard InChI is InChI=1S/C23H22FN3O5S/c1-15-7-3-5-9-20(15)27-33(30,31)18-13-11-17(12-14-18)23(29)26-25-22(28)16(2)32-21-10-6-4-8-19(21)24/h3-14,16,27H,1-2H3,(H,25,28)(H,26,29). The molecule has 0 fully saturated rings. The molecule has 0 aliphatic carbocycles. The molecule has 3 aromatic rings. The molecule has 0 spiro atoms. The van der Waals surface area contributed by atoms with Gasteiger partial charge in [-0.25, -0.2) is 12.8 Å². The lowest BCUT2D eigenvalue weighted by atomic mass is 10.2. The normalized spacial score (nSPS) is 11.8. The Labute approximate surface area is 190 Å². The summed E-state index contributed by atoms with van der Waals surface area (Å²) in [6.07, 6.45) is -1.08. The van der Waals surface area contributed by atoms with Crippen molar-refractivity contribution in [3.8, 4) is 5.75 Å². The maximum Gasteiger partial charge on any atom is 0.279 e. The van der Waals surface area contributed by atoms with Crippen molar-refractivity contribution in [2.24, 2.45) is 0 Å². The van der Waals surface area contributed by atoms with Crippen LogP contribution >= 0.6 is 0 Å². The van der Waals surface area contributed by atoms with E-state index in [0.717, 1.165) is 5.56 Å². The minimum absolute atomic E-state index is 0.0294. The summed E-state index contributed by atoms with van der Waals surface area (Å²) < 4.78 is 46.6. The van der Waals surface area contributed by atoms with Crippen LogP contribution in [0.15, 0.2) is 77.7 Å².